The second kappa shape index (κ2) is 6.08. The van der Waals surface area contributed by atoms with Crippen molar-refractivity contribution >= 4 is 5.91 Å². The van der Waals surface area contributed by atoms with Gasteiger partial charge in [-0.1, -0.05) is 0 Å². The maximum absolute atomic E-state index is 12.1. The van der Waals surface area contributed by atoms with E-state index in [1.807, 2.05) is 18.7 Å². The van der Waals surface area contributed by atoms with Gasteiger partial charge < -0.3 is 15.4 Å². The van der Waals surface area contributed by atoms with Crippen LogP contribution in [-0.2, 0) is 9.53 Å². The minimum absolute atomic E-state index is 0.0581. The second-order valence-electron chi connectivity index (χ2n) is 4.03. The molecule has 2 unspecified atom stereocenters. The molecule has 88 valence electrons. The van der Waals surface area contributed by atoms with Gasteiger partial charge in [0.15, 0.2) is 0 Å². The first-order chi connectivity index (χ1) is 7.20. The van der Waals surface area contributed by atoms with Crippen LogP contribution >= 0.6 is 0 Å². The van der Waals surface area contributed by atoms with E-state index >= 15 is 0 Å². The molecule has 0 aromatic rings. The molecule has 15 heavy (non-hydrogen) atoms. The summed E-state index contributed by atoms with van der Waals surface area (Å²) in [5.74, 6) is 0.290. The molecule has 0 saturated carbocycles. The Morgan fingerprint density at radius 3 is 2.80 bits per heavy atom. The number of ether oxygens (including phenoxy) is 1. The van der Waals surface area contributed by atoms with Crippen LogP contribution < -0.4 is 5.73 Å². The third kappa shape index (κ3) is 3.18. The summed E-state index contributed by atoms with van der Waals surface area (Å²) >= 11 is 0. The van der Waals surface area contributed by atoms with Gasteiger partial charge in [-0.05, 0) is 33.2 Å². The number of rotatable bonds is 5. The van der Waals surface area contributed by atoms with E-state index in [0.29, 0.717) is 13.2 Å². The third-order valence-electron chi connectivity index (χ3n) is 3.02. The molecule has 1 fully saturated rings. The Hall–Kier alpha value is -0.610. The van der Waals surface area contributed by atoms with Gasteiger partial charge in [0.1, 0.15) is 0 Å². The van der Waals surface area contributed by atoms with Gasteiger partial charge in [-0.15, -0.1) is 0 Å². The zero-order chi connectivity index (χ0) is 11.3. The Morgan fingerprint density at radius 1 is 1.60 bits per heavy atom. The second-order valence-corrected chi connectivity index (χ2v) is 4.03. The predicted molar refractivity (Wildman–Crippen MR) is 59.4 cm³/mol. The summed E-state index contributed by atoms with van der Waals surface area (Å²) in [4.78, 5) is 14.0. The van der Waals surface area contributed by atoms with Crippen LogP contribution in [0.25, 0.3) is 0 Å². The zero-order valence-electron chi connectivity index (χ0n) is 9.74. The van der Waals surface area contributed by atoms with Crippen LogP contribution in [0.15, 0.2) is 0 Å². The number of nitrogens with zero attached hydrogens (tertiary/aromatic N) is 1. The molecule has 4 nitrogen and oxygen atoms in total. The topological polar surface area (TPSA) is 55.6 Å². The highest BCUT2D eigenvalue weighted by molar-refractivity contribution is 5.79. The summed E-state index contributed by atoms with van der Waals surface area (Å²) in [6.07, 6.45) is 1.81. The van der Waals surface area contributed by atoms with Gasteiger partial charge in [0.05, 0.1) is 12.0 Å². The maximum atomic E-state index is 12.1. The quantitative estimate of drug-likeness (QED) is 0.729. The van der Waals surface area contributed by atoms with Crippen molar-refractivity contribution in [3.8, 4) is 0 Å². The predicted octanol–water partition coefficient (Wildman–Crippen LogP) is 0.609. The van der Waals surface area contributed by atoms with Crippen LogP contribution in [0.2, 0.25) is 0 Å². The molecule has 1 saturated heterocycles. The largest absolute Gasteiger partial charge is 0.378 e. The fourth-order valence-electron chi connectivity index (χ4n) is 2.00. The average Bonchev–Trinajstić information content (AvgIpc) is 2.65. The molecule has 0 aromatic carbocycles. The van der Waals surface area contributed by atoms with E-state index in [1.54, 1.807) is 0 Å². The molecule has 4 heteroatoms. The van der Waals surface area contributed by atoms with Crippen molar-refractivity contribution in [2.24, 2.45) is 11.7 Å². The Kier molecular flexibility index (Phi) is 5.05. The minimum atomic E-state index is 0.0581. The number of nitrogens with two attached hydrogens (primary N) is 1. The number of amides is 1. The van der Waals surface area contributed by atoms with Crippen molar-refractivity contribution in [2.45, 2.75) is 32.8 Å². The Morgan fingerprint density at radius 2 is 2.33 bits per heavy atom. The molecule has 0 spiro atoms. The maximum Gasteiger partial charge on any atom is 0.228 e. The monoisotopic (exact) mass is 214 g/mol. The van der Waals surface area contributed by atoms with Crippen LogP contribution in [0.5, 0.6) is 0 Å². The summed E-state index contributed by atoms with van der Waals surface area (Å²) in [6.45, 7) is 6.88. The highest BCUT2D eigenvalue weighted by Gasteiger charge is 2.32. The van der Waals surface area contributed by atoms with Gasteiger partial charge in [-0.3, -0.25) is 4.79 Å². The lowest BCUT2D eigenvalue weighted by Crippen LogP contribution is -2.39. The molecule has 0 bridgehead atoms. The van der Waals surface area contributed by atoms with Crippen molar-refractivity contribution in [1.29, 1.82) is 0 Å². The van der Waals surface area contributed by atoms with Crippen molar-refractivity contribution in [2.75, 3.05) is 26.2 Å². The molecule has 2 atom stereocenters. The average molecular weight is 214 g/mol. The highest BCUT2D eigenvalue weighted by atomic mass is 16.5. The summed E-state index contributed by atoms with van der Waals surface area (Å²) in [7, 11) is 0. The summed E-state index contributed by atoms with van der Waals surface area (Å²) < 4.78 is 5.41. The number of carbonyl (C=O) groups excluding carboxylic acids is 1. The molecule has 1 rings (SSSR count). The summed E-state index contributed by atoms with van der Waals surface area (Å²) in [5.41, 5.74) is 5.45. The van der Waals surface area contributed by atoms with Crippen LogP contribution in [0.4, 0.5) is 0 Å². The van der Waals surface area contributed by atoms with E-state index in [1.165, 1.54) is 0 Å². The Labute approximate surface area is 91.8 Å². The molecule has 1 aliphatic rings. The lowest BCUT2D eigenvalue weighted by molar-refractivity contribution is -0.136. The molecule has 0 aromatic heterocycles. The first-order valence-corrected chi connectivity index (χ1v) is 5.81. The standard InChI is InChI=1S/C11H22N2O2/c1-3-13(7-4-6-12)11(14)10-5-8-15-9(10)2/h9-10H,3-8,12H2,1-2H3. The molecular formula is C11H22N2O2. The molecule has 1 aliphatic heterocycles. The van der Waals surface area contributed by atoms with Crippen LogP contribution in [0.3, 0.4) is 0 Å². The lowest BCUT2D eigenvalue weighted by Gasteiger charge is -2.25. The van der Waals surface area contributed by atoms with Crippen molar-refractivity contribution < 1.29 is 9.53 Å². The molecule has 0 aliphatic carbocycles. The fraction of sp³-hybridized carbons (Fsp3) is 0.909. The van der Waals surface area contributed by atoms with Crippen molar-refractivity contribution in [1.82, 2.24) is 4.90 Å². The molecule has 0 radical (unpaired) electrons. The smallest absolute Gasteiger partial charge is 0.228 e. The summed E-state index contributed by atoms with van der Waals surface area (Å²) in [6, 6.07) is 0. The molecule has 1 amide bonds. The molecule has 1 heterocycles. The fourth-order valence-corrected chi connectivity index (χ4v) is 2.00. The van der Waals surface area contributed by atoms with E-state index in [4.69, 9.17) is 10.5 Å². The van der Waals surface area contributed by atoms with Crippen LogP contribution in [0.1, 0.15) is 26.7 Å². The van der Waals surface area contributed by atoms with Gasteiger partial charge in [0, 0.05) is 19.7 Å². The van der Waals surface area contributed by atoms with Crippen LogP contribution in [-0.4, -0.2) is 43.2 Å². The van der Waals surface area contributed by atoms with Gasteiger partial charge >= 0.3 is 0 Å². The van der Waals surface area contributed by atoms with Crippen molar-refractivity contribution in [3.05, 3.63) is 0 Å². The van der Waals surface area contributed by atoms with Gasteiger partial charge in [0.25, 0.3) is 0 Å². The van der Waals surface area contributed by atoms with Gasteiger partial charge in [-0.2, -0.15) is 0 Å². The van der Waals surface area contributed by atoms with Crippen LogP contribution in [0, 0.1) is 5.92 Å². The van der Waals surface area contributed by atoms with E-state index in [2.05, 4.69) is 0 Å². The third-order valence-corrected chi connectivity index (χ3v) is 3.02. The Bertz CT molecular complexity index is 209. The molecule has 2 N–H and O–H groups in total. The van der Waals surface area contributed by atoms with E-state index in [-0.39, 0.29) is 17.9 Å². The highest BCUT2D eigenvalue weighted by Crippen LogP contribution is 2.22. The lowest BCUT2D eigenvalue weighted by atomic mass is 10.0. The van der Waals surface area contributed by atoms with Gasteiger partial charge in [-0.25, -0.2) is 0 Å². The van der Waals surface area contributed by atoms with E-state index < -0.39 is 0 Å². The van der Waals surface area contributed by atoms with Crippen molar-refractivity contribution in [3.63, 3.8) is 0 Å². The SMILES string of the molecule is CCN(CCCN)C(=O)C1CCOC1C. The van der Waals surface area contributed by atoms with E-state index in [0.717, 1.165) is 25.9 Å². The normalized spacial score (nSPS) is 25.5. The zero-order valence-corrected chi connectivity index (χ0v) is 9.74. The molecular weight excluding hydrogens is 192 g/mol. The first-order valence-electron chi connectivity index (χ1n) is 5.81. The number of hydrogen-bond donors (Lipinski definition) is 1. The van der Waals surface area contributed by atoms with E-state index in [9.17, 15) is 4.79 Å². The first kappa shape index (κ1) is 12.5. The minimum Gasteiger partial charge on any atom is -0.378 e. The number of hydrogen-bond acceptors (Lipinski definition) is 3. The number of carbonyl (C=O) groups is 1. The van der Waals surface area contributed by atoms with Gasteiger partial charge in [0.2, 0.25) is 5.91 Å². The summed E-state index contributed by atoms with van der Waals surface area (Å²) in [5, 5.41) is 0. The Balaban J connectivity index is 2.48.